The van der Waals surface area contributed by atoms with Crippen molar-refractivity contribution in [2.24, 2.45) is 11.8 Å². The lowest BCUT2D eigenvalue weighted by atomic mass is 9.79. The lowest BCUT2D eigenvalue weighted by Gasteiger charge is -2.31. The Labute approximate surface area is 121 Å². The first kappa shape index (κ1) is 13.6. The van der Waals surface area contributed by atoms with E-state index in [1.54, 1.807) is 0 Å². The first-order chi connectivity index (χ1) is 9.76. The van der Waals surface area contributed by atoms with E-state index in [0.717, 1.165) is 43.2 Å². The Morgan fingerprint density at radius 1 is 1.20 bits per heavy atom. The van der Waals surface area contributed by atoms with Crippen molar-refractivity contribution in [2.45, 2.75) is 38.6 Å². The first-order valence-corrected chi connectivity index (χ1v) is 7.86. The molecular weight excluding hydrogens is 248 g/mol. The van der Waals surface area contributed by atoms with Gasteiger partial charge in [0.25, 0.3) is 5.91 Å². The molecule has 2 aliphatic rings. The van der Waals surface area contributed by atoms with Crippen LogP contribution < -0.4 is 10.6 Å². The van der Waals surface area contributed by atoms with Gasteiger partial charge in [-0.15, -0.1) is 0 Å². The molecule has 3 atom stereocenters. The van der Waals surface area contributed by atoms with E-state index < -0.39 is 0 Å². The van der Waals surface area contributed by atoms with Crippen molar-refractivity contribution in [3.8, 4) is 0 Å². The number of rotatable bonds is 3. The zero-order valence-corrected chi connectivity index (χ0v) is 12.2. The maximum Gasteiger partial charge on any atom is 0.251 e. The average Bonchev–Trinajstić information content (AvgIpc) is 2.95. The third-order valence-electron chi connectivity index (χ3n) is 4.91. The summed E-state index contributed by atoms with van der Waals surface area (Å²) in [4.78, 5) is 12.3. The Kier molecular flexibility index (Phi) is 4.06. The van der Waals surface area contributed by atoms with E-state index in [0.29, 0.717) is 6.04 Å². The van der Waals surface area contributed by atoms with Gasteiger partial charge in [-0.05, 0) is 68.3 Å². The maximum atomic E-state index is 12.3. The molecular formula is C17H24N2O. The second kappa shape index (κ2) is 5.96. The topological polar surface area (TPSA) is 41.1 Å². The zero-order chi connectivity index (χ0) is 13.9. The quantitative estimate of drug-likeness (QED) is 0.887. The fourth-order valence-electron chi connectivity index (χ4n) is 3.59. The molecule has 20 heavy (non-hydrogen) atoms. The van der Waals surface area contributed by atoms with Crippen LogP contribution in [0.5, 0.6) is 0 Å². The van der Waals surface area contributed by atoms with E-state index in [2.05, 4.69) is 17.6 Å². The number of carbonyl (C=O) groups is 1. The standard InChI is InChI=1S/C17H24N2O/c1-2-12-3-5-13(6-4-12)17(20)19-16-8-7-14-10-18-11-15(14)9-16/h3-6,14-16,18H,2,7-11H2,1H3,(H,19,20)/t14-,15+,16?/m0/s1. The number of hydrogen-bond acceptors (Lipinski definition) is 2. The highest BCUT2D eigenvalue weighted by atomic mass is 16.1. The van der Waals surface area contributed by atoms with Crippen LogP contribution in [0.25, 0.3) is 0 Å². The Morgan fingerprint density at radius 2 is 1.95 bits per heavy atom. The molecule has 3 heteroatoms. The second-order valence-corrected chi connectivity index (χ2v) is 6.21. The van der Waals surface area contributed by atoms with E-state index in [-0.39, 0.29) is 5.91 Å². The predicted octanol–water partition coefficient (Wildman–Crippen LogP) is 2.37. The van der Waals surface area contributed by atoms with Crippen LogP contribution >= 0.6 is 0 Å². The summed E-state index contributed by atoms with van der Waals surface area (Å²) in [5.74, 6) is 1.69. The highest BCUT2D eigenvalue weighted by molar-refractivity contribution is 5.94. The summed E-state index contributed by atoms with van der Waals surface area (Å²) < 4.78 is 0. The number of benzene rings is 1. The van der Waals surface area contributed by atoms with E-state index in [4.69, 9.17) is 0 Å². The Hall–Kier alpha value is -1.35. The van der Waals surface area contributed by atoms with Gasteiger partial charge in [0.15, 0.2) is 0 Å². The van der Waals surface area contributed by atoms with Crippen LogP contribution in [0.1, 0.15) is 42.1 Å². The van der Waals surface area contributed by atoms with Crippen molar-refractivity contribution in [3.63, 3.8) is 0 Å². The molecule has 1 amide bonds. The summed E-state index contributed by atoms with van der Waals surface area (Å²) in [5, 5.41) is 6.69. The molecule has 0 radical (unpaired) electrons. The van der Waals surface area contributed by atoms with Gasteiger partial charge in [0.2, 0.25) is 0 Å². The highest BCUT2D eigenvalue weighted by Gasteiger charge is 2.34. The van der Waals surface area contributed by atoms with Gasteiger partial charge in [0.05, 0.1) is 0 Å². The lowest BCUT2D eigenvalue weighted by Crippen LogP contribution is -2.40. The van der Waals surface area contributed by atoms with Gasteiger partial charge in [-0.2, -0.15) is 0 Å². The first-order valence-electron chi connectivity index (χ1n) is 7.86. The van der Waals surface area contributed by atoms with Gasteiger partial charge >= 0.3 is 0 Å². The normalized spacial score (nSPS) is 28.9. The minimum atomic E-state index is 0.0852. The van der Waals surface area contributed by atoms with Gasteiger partial charge in [0, 0.05) is 11.6 Å². The summed E-state index contributed by atoms with van der Waals surface area (Å²) in [6.07, 6.45) is 4.52. The van der Waals surface area contributed by atoms with Gasteiger partial charge in [-0.3, -0.25) is 4.79 Å². The summed E-state index contributed by atoms with van der Waals surface area (Å²) in [6, 6.07) is 8.34. The van der Waals surface area contributed by atoms with Crippen molar-refractivity contribution < 1.29 is 4.79 Å². The molecule has 3 nitrogen and oxygen atoms in total. The van der Waals surface area contributed by atoms with E-state index in [1.807, 2.05) is 24.3 Å². The second-order valence-electron chi connectivity index (χ2n) is 6.21. The molecule has 108 valence electrons. The van der Waals surface area contributed by atoms with E-state index >= 15 is 0 Å². The Morgan fingerprint density at radius 3 is 2.70 bits per heavy atom. The van der Waals surface area contributed by atoms with Crippen LogP contribution in [0.3, 0.4) is 0 Å². The van der Waals surface area contributed by atoms with Crippen molar-refractivity contribution in [1.82, 2.24) is 10.6 Å². The lowest BCUT2D eigenvalue weighted by molar-refractivity contribution is 0.0913. The molecule has 0 aromatic heterocycles. The monoisotopic (exact) mass is 272 g/mol. The number of carbonyl (C=O) groups excluding carboxylic acids is 1. The van der Waals surface area contributed by atoms with Crippen LogP contribution in [0.2, 0.25) is 0 Å². The van der Waals surface area contributed by atoms with Gasteiger partial charge in [-0.25, -0.2) is 0 Å². The van der Waals surface area contributed by atoms with Crippen LogP contribution in [0.15, 0.2) is 24.3 Å². The van der Waals surface area contributed by atoms with E-state index in [1.165, 1.54) is 18.5 Å². The van der Waals surface area contributed by atoms with E-state index in [9.17, 15) is 4.79 Å². The van der Waals surface area contributed by atoms with Crippen molar-refractivity contribution in [1.29, 1.82) is 0 Å². The number of fused-ring (bicyclic) bond motifs is 1. The summed E-state index contributed by atoms with van der Waals surface area (Å²) in [7, 11) is 0. The number of hydrogen-bond donors (Lipinski definition) is 2. The Bertz CT molecular complexity index is 468. The molecule has 1 aliphatic heterocycles. The van der Waals surface area contributed by atoms with Crippen LogP contribution in [-0.4, -0.2) is 25.0 Å². The maximum absolute atomic E-state index is 12.3. The molecule has 2 N–H and O–H groups in total. The third kappa shape index (κ3) is 2.88. The minimum absolute atomic E-state index is 0.0852. The third-order valence-corrected chi connectivity index (χ3v) is 4.91. The van der Waals surface area contributed by atoms with Crippen molar-refractivity contribution in [2.75, 3.05) is 13.1 Å². The molecule has 3 rings (SSSR count). The molecule has 1 unspecified atom stereocenters. The molecule has 1 aliphatic carbocycles. The van der Waals surface area contributed by atoms with Crippen LogP contribution in [0.4, 0.5) is 0 Å². The highest BCUT2D eigenvalue weighted by Crippen LogP contribution is 2.32. The number of amides is 1. The number of aryl methyl sites for hydroxylation is 1. The van der Waals surface area contributed by atoms with Gasteiger partial charge in [0.1, 0.15) is 0 Å². The summed E-state index contributed by atoms with van der Waals surface area (Å²) >= 11 is 0. The smallest absolute Gasteiger partial charge is 0.251 e. The van der Waals surface area contributed by atoms with Crippen LogP contribution in [-0.2, 0) is 6.42 Å². The summed E-state index contributed by atoms with van der Waals surface area (Å²) in [6.45, 7) is 4.43. The van der Waals surface area contributed by atoms with Crippen LogP contribution in [0, 0.1) is 11.8 Å². The molecule has 1 aromatic rings. The molecule has 0 bridgehead atoms. The average molecular weight is 272 g/mol. The Balaban J connectivity index is 1.58. The SMILES string of the molecule is CCc1ccc(C(=O)NC2CC[C@H]3CNC[C@H]3C2)cc1. The predicted molar refractivity (Wildman–Crippen MR) is 80.8 cm³/mol. The van der Waals surface area contributed by atoms with Crippen molar-refractivity contribution >= 4 is 5.91 Å². The fraction of sp³-hybridized carbons (Fsp3) is 0.588. The molecule has 2 fully saturated rings. The minimum Gasteiger partial charge on any atom is -0.349 e. The molecule has 1 saturated heterocycles. The van der Waals surface area contributed by atoms with Gasteiger partial charge in [-0.1, -0.05) is 19.1 Å². The molecule has 1 heterocycles. The van der Waals surface area contributed by atoms with Gasteiger partial charge < -0.3 is 10.6 Å². The fourth-order valence-corrected chi connectivity index (χ4v) is 3.59. The zero-order valence-electron chi connectivity index (χ0n) is 12.2. The molecule has 0 spiro atoms. The van der Waals surface area contributed by atoms with Crippen molar-refractivity contribution in [3.05, 3.63) is 35.4 Å². The summed E-state index contributed by atoms with van der Waals surface area (Å²) in [5.41, 5.74) is 2.06. The largest absolute Gasteiger partial charge is 0.349 e. The molecule has 1 saturated carbocycles. The number of nitrogens with one attached hydrogen (secondary N) is 2. The molecule has 1 aromatic carbocycles.